The number of rotatable bonds is 1. The van der Waals surface area contributed by atoms with E-state index in [1.54, 1.807) is 6.20 Å². The smallest absolute Gasteiger partial charge is 0.199 e. The molecule has 3 rings (SSSR count). The van der Waals surface area contributed by atoms with Crippen molar-refractivity contribution >= 4 is 5.65 Å². The number of aromatic nitrogens is 2. The van der Waals surface area contributed by atoms with Crippen LogP contribution in [0.15, 0.2) is 42.6 Å². The molecule has 0 unspecified atom stereocenters. The lowest BCUT2D eigenvalue weighted by atomic mass is 10.1. The van der Waals surface area contributed by atoms with E-state index in [2.05, 4.69) is 4.98 Å². The van der Waals surface area contributed by atoms with E-state index in [1.165, 1.54) is 16.0 Å². The lowest BCUT2D eigenvalue weighted by Gasteiger charge is -1.96. The van der Waals surface area contributed by atoms with E-state index in [1.807, 2.05) is 44.2 Å². The number of halogens is 1. The van der Waals surface area contributed by atoms with E-state index < -0.39 is 0 Å². The molecule has 1 aromatic carbocycles. The second kappa shape index (κ2) is 3.95. The lowest BCUT2D eigenvalue weighted by Crippen LogP contribution is -1.91. The van der Waals surface area contributed by atoms with Gasteiger partial charge < -0.3 is 0 Å². The van der Waals surface area contributed by atoms with Crippen molar-refractivity contribution in [1.82, 2.24) is 9.38 Å². The van der Waals surface area contributed by atoms with Crippen molar-refractivity contribution in [3.63, 3.8) is 0 Å². The molecular formula is C15H13FN2. The number of aryl methyl sites for hydroxylation is 2. The highest BCUT2D eigenvalue weighted by Gasteiger charge is 2.07. The second-order valence-corrected chi connectivity index (χ2v) is 4.58. The van der Waals surface area contributed by atoms with Crippen LogP contribution in [0.5, 0.6) is 0 Å². The first-order valence-electron chi connectivity index (χ1n) is 5.86. The maximum atomic E-state index is 13.8. The Bertz CT molecular complexity index is 711. The van der Waals surface area contributed by atoms with Gasteiger partial charge in [0.15, 0.2) is 5.95 Å². The van der Waals surface area contributed by atoms with E-state index >= 15 is 0 Å². The largest absolute Gasteiger partial charge is 0.275 e. The molecule has 0 aliphatic rings. The maximum Gasteiger partial charge on any atom is 0.199 e. The van der Waals surface area contributed by atoms with Crippen molar-refractivity contribution in [2.45, 2.75) is 13.8 Å². The van der Waals surface area contributed by atoms with Crippen LogP contribution in [-0.2, 0) is 0 Å². The molecule has 0 amide bonds. The Kier molecular flexibility index (Phi) is 2.40. The van der Waals surface area contributed by atoms with Gasteiger partial charge in [-0.3, -0.25) is 4.40 Å². The van der Waals surface area contributed by atoms with Crippen LogP contribution < -0.4 is 0 Å². The van der Waals surface area contributed by atoms with Gasteiger partial charge in [-0.25, -0.2) is 4.98 Å². The van der Waals surface area contributed by atoms with Crippen molar-refractivity contribution in [2.24, 2.45) is 0 Å². The summed E-state index contributed by atoms with van der Waals surface area (Å²) < 4.78 is 15.2. The van der Waals surface area contributed by atoms with Crippen molar-refractivity contribution in [3.05, 3.63) is 59.7 Å². The normalized spacial score (nSPS) is 11.1. The molecule has 0 saturated carbocycles. The van der Waals surface area contributed by atoms with E-state index in [-0.39, 0.29) is 5.95 Å². The summed E-state index contributed by atoms with van der Waals surface area (Å²) in [6, 6.07) is 11.4. The third-order valence-corrected chi connectivity index (χ3v) is 3.01. The van der Waals surface area contributed by atoms with Crippen molar-refractivity contribution in [2.75, 3.05) is 0 Å². The molecule has 3 aromatic rings. The standard InChI is InChI=1S/C15H13FN2/c1-10-3-5-12(6-4-10)13-9-18-14(16)7-11(2)8-15(18)17-13/h3-9H,1-2H3. The Morgan fingerprint density at radius 3 is 2.44 bits per heavy atom. The van der Waals surface area contributed by atoms with Gasteiger partial charge in [0.25, 0.3) is 0 Å². The molecule has 0 aliphatic carbocycles. The summed E-state index contributed by atoms with van der Waals surface area (Å²) >= 11 is 0. The molecule has 0 bridgehead atoms. The topological polar surface area (TPSA) is 17.3 Å². The third kappa shape index (κ3) is 1.78. The van der Waals surface area contributed by atoms with Gasteiger partial charge in [0.2, 0.25) is 0 Å². The average Bonchev–Trinajstić information content (AvgIpc) is 2.74. The molecule has 18 heavy (non-hydrogen) atoms. The Morgan fingerprint density at radius 1 is 1.00 bits per heavy atom. The fourth-order valence-electron chi connectivity index (χ4n) is 2.03. The van der Waals surface area contributed by atoms with Gasteiger partial charge in [-0.05, 0) is 31.5 Å². The van der Waals surface area contributed by atoms with Gasteiger partial charge in [-0.2, -0.15) is 4.39 Å². The number of nitrogens with zero attached hydrogens (tertiary/aromatic N) is 2. The fourth-order valence-corrected chi connectivity index (χ4v) is 2.03. The molecule has 0 radical (unpaired) electrons. The number of imidazole rings is 1. The van der Waals surface area contributed by atoms with Crippen LogP contribution in [0.25, 0.3) is 16.9 Å². The fraction of sp³-hybridized carbons (Fsp3) is 0.133. The van der Waals surface area contributed by atoms with Crippen LogP contribution >= 0.6 is 0 Å². The zero-order valence-corrected chi connectivity index (χ0v) is 10.3. The Labute approximate surface area is 105 Å². The van der Waals surface area contributed by atoms with Crippen molar-refractivity contribution < 1.29 is 4.39 Å². The number of pyridine rings is 1. The summed E-state index contributed by atoms with van der Waals surface area (Å²) in [5.41, 5.74) is 4.51. The van der Waals surface area contributed by atoms with E-state index in [0.29, 0.717) is 5.65 Å². The van der Waals surface area contributed by atoms with Crippen LogP contribution in [0.1, 0.15) is 11.1 Å². The number of hydrogen-bond acceptors (Lipinski definition) is 1. The van der Waals surface area contributed by atoms with Gasteiger partial charge in [-0.1, -0.05) is 29.8 Å². The van der Waals surface area contributed by atoms with E-state index in [0.717, 1.165) is 16.8 Å². The molecule has 3 heteroatoms. The van der Waals surface area contributed by atoms with Crippen LogP contribution in [0, 0.1) is 19.8 Å². The number of benzene rings is 1. The van der Waals surface area contributed by atoms with Gasteiger partial charge in [0.1, 0.15) is 5.65 Å². The second-order valence-electron chi connectivity index (χ2n) is 4.58. The molecule has 2 nitrogen and oxygen atoms in total. The zero-order valence-electron chi connectivity index (χ0n) is 10.3. The minimum absolute atomic E-state index is 0.282. The first-order chi connectivity index (χ1) is 8.63. The summed E-state index contributed by atoms with van der Waals surface area (Å²) in [5.74, 6) is -0.282. The average molecular weight is 240 g/mol. The third-order valence-electron chi connectivity index (χ3n) is 3.01. The molecule has 2 aromatic heterocycles. The highest BCUT2D eigenvalue weighted by atomic mass is 19.1. The van der Waals surface area contributed by atoms with Gasteiger partial charge >= 0.3 is 0 Å². The highest BCUT2D eigenvalue weighted by molar-refractivity contribution is 5.63. The zero-order chi connectivity index (χ0) is 12.7. The molecule has 0 saturated heterocycles. The van der Waals surface area contributed by atoms with E-state index in [9.17, 15) is 4.39 Å². The van der Waals surface area contributed by atoms with Gasteiger partial charge in [0.05, 0.1) is 5.69 Å². The number of hydrogen-bond donors (Lipinski definition) is 0. The molecule has 2 heterocycles. The van der Waals surface area contributed by atoms with Crippen LogP contribution in [-0.4, -0.2) is 9.38 Å². The van der Waals surface area contributed by atoms with Crippen LogP contribution in [0.3, 0.4) is 0 Å². The molecule has 90 valence electrons. The van der Waals surface area contributed by atoms with Crippen LogP contribution in [0.4, 0.5) is 4.39 Å². The SMILES string of the molecule is Cc1ccc(-c2cn3c(F)cc(C)cc3n2)cc1. The summed E-state index contributed by atoms with van der Waals surface area (Å²) in [5, 5.41) is 0. The number of fused-ring (bicyclic) bond motifs is 1. The van der Waals surface area contributed by atoms with Gasteiger partial charge in [0, 0.05) is 11.8 Å². The first kappa shape index (κ1) is 11.0. The molecular weight excluding hydrogens is 227 g/mol. The summed E-state index contributed by atoms with van der Waals surface area (Å²) in [7, 11) is 0. The van der Waals surface area contributed by atoms with Crippen molar-refractivity contribution in [1.29, 1.82) is 0 Å². The molecule has 0 atom stereocenters. The minimum atomic E-state index is -0.282. The molecule has 0 fully saturated rings. The summed E-state index contributed by atoms with van der Waals surface area (Å²) in [4.78, 5) is 4.46. The highest BCUT2D eigenvalue weighted by Crippen LogP contribution is 2.21. The van der Waals surface area contributed by atoms with E-state index in [4.69, 9.17) is 0 Å². The predicted octanol–water partition coefficient (Wildman–Crippen LogP) is 3.76. The maximum absolute atomic E-state index is 13.8. The molecule has 0 N–H and O–H groups in total. The minimum Gasteiger partial charge on any atom is -0.275 e. The Morgan fingerprint density at radius 2 is 1.72 bits per heavy atom. The predicted molar refractivity (Wildman–Crippen MR) is 70.1 cm³/mol. The summed E-state index contributed by atoms with van der Waals surface area (Å²) in [6.07, 6.45) is 1.73. The monoisotopic (exact) mass is 240 g/mol. The quantitative estimate of drug-likeness (QED) is 0.592. The Hall–Kier alpha value is -2.16. The summed E-state index contributed by atoms with van der Waals surface area (Å²) in [6.45, 7) is 3.90. The first-order valence-corrected chi connectivity index (χ1v) is 5.86. The Balaban J connectivity index is 2.19. The lowest BCUT2D eigenvalue weighted by molar-refractivity contribution is 0.566. The molecule has 0 spiro atoms. The van der Waals surface area contributed by atoms with Crippen LogP contribution in [0.2, 0.25) is 0 Å². The molecule has 0 aliphatic heterocycles. The van der Waals surface area contributed by atoms with Crippen molar-refractivity contribution in [3.8, 4) is 11.3 Å². The van der Waals surface area contributed by atoms with Gasteiger partial charge in [-0.15, -0.1) is 0 Å².